The lowest BCUT2D eigenvalue weighted by atomic mass is 9.79. The minimum Gasteiger partial charge on any atom is -0.396 e. The molecule has 1 fully saturated rings. The topological polar surface area (TPSA) is 84.1 Å². The second-order valence-corrected chi connectivity index (χ2v) is 6.04. The Kier molecular flexibility index (Phi) is 5.17. The van der Waals surface area contributed by atoms with Crippen molar-refractivity contribution in [1.82, 2.24) is 9.97 Å². The summed E-state index contributed by atoms with van der Waals surface area (Å²) in [5, 5.41) is 12.9. The normalized spacial score (nSPS) is 23.0. The van der Waals surface area contributed by atoms with Gasteiger partial charge in [-0.1, -0.05) is 26.7 Å². The van der Waals surface area contributed by atoms with Crippen LogP contribution in [0, 0.1) is 11.8 Å². The fraction of sp³-hybridized carbons (Fsp3) is 0.733. The largest absolute Gasteiger partial charge is 0.396 e. The molecule has 4 N–H and O–H groups in total. The van der Waals surface area contributed by atoms with Crippen molar-refractivity contribution in [2.75, 3.05) is 24.2 Å². The minimum absolute atomic E-state index is 0.287. The number of hydrogen-bond donors (Lipinski definition) is 3. The average molecular weight is 278 g/mol. The predicted molar refractivity (Wildman–Crippen MR) is 81.6 cm³/mol. The van der Waals surface area contributed by atoms with Crippen molar-refractivity contribution in [2.24, 2.45) is 11.8 Å². The van der Waals surface area contributed by atoms with Crippen LogP contribution in [0.15, 0.2) is 6.33 Å². The lowest BCUT2D eigenvalue weighted by Crippen LogP contribution is -2.29. The third-order valence-corrected chi connectivity index (χ3v) is 4.32. The van der Waals surface area contributed by atoms with Crippen molar-refractivity contribution < 1.29 is 5.11 Å². The fourth-order valence-corrected chi connectivity index (χ4v) is 3.14. The SMILES string of the molecule is CC(C)c1c(N)ncnc1NCC1CCCCC1CO. The molecule has 5 heteroatoms. The maximum absolute atomic E-state index is 9.47. The first-order valence-corrected chi connectivity index (χ1v) is 7.58. The number of nitrogen functional groups attached to an aromatic ring is 1. The molecular weight excluding hydrogens is 252 g/mol. The first kappa shape index (κ1) is 15.0. The number of rotatable bonds is 5. The number of hydrogen-bond acceptors (Lipinski definition) is 5. The molecule has 2 unspecified atom stereocenters. The van der Waals surface area contributed by atoms with E-state index in [9.17, 15) is 5.11 Å². The third-order valence-electron chi connectivity index (χ3n) is 4.32. The van der Waals surface area contributed by atoms with Gasteiger partial charge in [0.05, 0.1) is 0 Å². The molecular formula is C15H26N4O. The van der Waals surface area contributed by atoms with E-state index in [1.165, 1.54) is 25.6 Å². The van der Waals surface area contributed by atoms with Crippen molar-refractivity contribution in [3.8, 4) is 0 Å². The first-order chi connectivity index (χ1) is 9.63. The molecule has 0 spiro atoms. The van der Waals surface area contributed by atoms with Crippen LogP contribution >= 0.6 is 0 Å². The summed E-state index contributed by atoms with van der Waals surface area (Å²) in [4.78, 5) is 8.40. The molecule has 112 valence electrons. The molecule has 0 radical (unpaired) electrons. The van der Waals surface area contributed by atoms with E-state index in [-0.39, 0.29) is 6.61 Å². The van der Waals surface area contributed by atoms with Gasteiger partial charge in [0, 0.05) is 18.7 Å². The van der Waals surface area contributed by atoms with E-state index in [2.05, 4.69) is 29.1 Å². The van der Waals surface area contributed by atoms with Gasteiger partial charge < -0.3 is 16.2 Å². The van der Waals surface area contributed by atoms with Crippen LogP contribution in [0.1, 0.15) is 51.0 Å². The average Bonchev–Trinajstić information content (AvgIpc) is 2.45. The zero-order chi connectivity index (χ0) is 14.5. The first-order valence-electron chi connectivity index (χ1n) is 7.58. The van der Waals surface area contributed by atoms with Gasteiger partial charge in [0.1, 0.15) is 18.0 Å². The van der Waals surface area contributed by atoms with E-state index in [1.54, 1.807) is 0 Å². The highest BCUT2D eigenvalue weighted by Crippen LogP contribution is 2.31. The summed E-state index contributed by atoms with van der Waals surface area (Å²) in [5.74, 6) is 2.62. The van der Waals surface area contributed by atoms with E-state index < -0.39 is 0 Å². The van der Waals surface area contributed by atoms with Gasteiger partial charge in [-0.25, -0.2) is 9.97 Å². The molecule has 1 aliphatic rings. The molecule has 1 heterocycles. The summed E-state index contributed by atoms with van der Waals surface area (Å²) in [6.45, 7) is 5.32. The van der Waals surface area contributed by atoms with Gasteiger partial charge in [0.2, 0.25) is 0 Å². The van der Waals surface area contributed by atoms with Gasteiger partial charge in [-0.2, -0.15) is 0 Å². The smallest absolute Gasteiger partial charge is 0.134 e. The number of nitrogens with two attached hydrogens (primary N) is 1. The maximum Gasteiger partial charge on any atom is 0.134 e. The van der Waals surface area contributed by atoms with Crippen LogP contribution in [0.3, 0.4) is 0 Å². The highest BCUT2D eigenvalue weighted by molar-refractivity contribution is 5.56. The Hall–Kier alpha value is -1.36. The molecule has 1 aliphatic carbocycles. The van der Waals surface area contributed by atoms with E-state index in [1.807, 2.05) is 0 Å². The van der Waals surface area contributed by atoms with Crippen molar-refractivity contribution in [2.45, 2.75) is 45.4 Å². The number of aromatic nitrogens is 2. The third kappa shape index (κ3) is 3.39. The number of anilines is 2. The zero-order valence-electron chi connectivity index (χ0n) is 12.5. The Morgan fingerprint density at radius 2 is 2.00 bits per heavy atom. The summed E-state index contributed by atoms with van der Waals surface area (Å²) in [6, 6.07) is 0. The predicted octanol–water partition coefficient (Wildman–Crippen LogP) is 2.39. The van der Waals surface area contributed by atoms with E-state index in [0.29, 0.717) is 23.6 Å². The molecule has 2 rings (SSSR count). The van der Waals surface area contributed by atoms with E-state index in [0.717, 1.165) is 24.3 Å². The van der Waals surface area contributed by atoms with E-state index >= 15 is 0 Å². The minimum atomic E-state index is 0.287. The molecule has 0 bridgehead atoms. The van der Waals surface area contributed by atoms with Crippen LogP contribution < -0.4 is 11.1 Å². The molecule has 0 aromatic carbocycles. The molecule has 0 saturated heterocycles. The number of nitrogens with zero attached hydrogens (tertiary/aromatic N) is 2. The van der Waals surface area contributed by atoms with Crippen molar-refractivity contribution >= 4 is 11.6 Å². The van der Waals surface area contributed by atoms with Crippen LogP contribution in [-0.2, 0) is 0 Å². The van der Waals surface area contributed by atoms with Gasteiger partial charge in [-0.3, -0.25) is 0 Å². The van der Waals surface area contributed by atoms with Crippen molar-refractivity contribution in [1.29, 1.82) is 0 Å². The second-order valence-electron chi connectivity index (χ2n) is 6.04. The van der Waals surface area contributed by atoms with Gasteiger partial charge in [-0.15, -0.1) is 0 Å². The number of aliphatic hydroxyl groups is 1. The summed E-state index contributed by atoms with van der Waals surface area (Å²) in [7, 11) is 0. The summed E-state index contributed by atoms with van der Waals surface area (Å²) in [5.41, 5.74) is 6.94. The summed E-state index contributed by atoms with van der Waals surface area (Å²) in [6.07, 6.45) is 6.31. The Labute approximate surface area is 121 Å². The van der Waals surface area contributed by atoms with Crippen LogP contribution in [0.2, 0.25) is 0 Å². The van der Waals surface area contributed by atoms with Crippen molar-refractivity contribution in [3.05, 3.63) is 11.9 Å². The highest BCUT2D eigenvalue weighted by Gasteiger charge is 2.24. The molecule has 2 atom stereocenters. The second kappa shape index (κ2) is 6.88. The van der Waals surface area contributed by atoms with Crippen LogP contribution in [0.25, 0.3) is 0 Å². The van der Waals surface area contributed by atoms with Gasteiger partial charge in [0.25, 0.3) is 0 Å². The molecule has 1 saturated carbocycles. The number of nitrogens with one attached hydrogen (secondary N) is 1. The van der Waals surface area contributed by atoms with Gasteiger partial charge in [0.15, 0.2) is 0 Å². The monoisotopic (exact) mass is 278 g/mol. The molecule has 0 amide bonds. The lowest BCUT2D eigenvalue weighted by molar-refractivity contribution is 0.141. The Morgan fingerprint density at radius 1 is 1.30 bits per heavy atom. The Balaban J connectivity index is 2.05. The standard InChI is InChI=1S/C15H26N4O/c1-10(2)13-14(16)18-9-19-15(13)17-7-11-5-3-4-6-12(11)8-20/h9-12,20H,3-8H2,1-2H3,(H3,16,17,18,19). The number of aliphatic hydroxyl groups excluding tert-OH is 1. The Bertz CT molecular complexity index is 436. The highest BCUT2D eigenvalue weighted by atomic mass is 16.3. The lowest BCUT2D eigenvalue weighted by Gasteiger charge is -2.30. The maximum atomic E-state index is 9.47. The molecule has 0 aliphatic heterocycles. The van der Waals surface area contributed by atoms with Gasteiger partial charge in [-0.05, 0) is 30.6 Å². The molecule has 1 aromatic rings. The fourth-order valence-electron chi connectivity index (χ4n) is 3.14. The van der Waals surface area contributed by atoms with Crippen LogP contribution in [-0.4, -0.2) is 28.2 Å². The summed E-state index contributed by atoms with van der Waals surface area (Å²) >= 11 is 0. The zero-order valence-corrected chi connectivity index (χ0v) is 12.5. The Morgan fingerprint density at radius 3 is 2.65 bits per heavy atom. The van der Waals surface area contributed by atoms with Crippen LogP contribution in [0.4, 0.5) is 11.6 Å². The van der Waals surface area contributed by atoms with Crippen molar-refractivity contribution in [3.63, 3.8) is 0 Å². The van der Waals surface area contributed by atoms with Crippen LogP contribution in [0.5, 0.6) is 0 Å². The molecule has 5 nitrogen and oxygen atoms in total. The summed E-state index contributed by atoms with van der Waals surface area (Å²) < 4.78 is 0. The van der Waals surface area contributed by atoms with E-state index in [4.69, 9.17) is 5.73 Å². The van der Waals surface area contributed by atoms with Gasteiger partial charge >= 0.3 is 0 Å². The molecule has 1 aromatic heterocycles. The quantitative estimate of drug-likeness (QED) is 0.770. The molecule has 20 heavy (non-hydrogen) atoms.